The van der Waals surface area contributed by atoms with Crippen LogP contribution in [0.2, 0.25) is 0 Å². The lowest BCUT2D eigenvalue weighted by atomic mass is 9.98. The molecule has 0 bridgehead atoms. The van der Waals surface area contributed by atoms with Crippen LogP contribution < -0.4 is 11.1 Å². The number of rotatable bonds is 5. The van der Waals surface area contributed by atoms with Crippen molar-refractivity contribution in [2.45, 2.75) is 38.2 Å². The first kappa shape index (κ1) is 13.9. The molecule has 3 N–H and O–H groups in total. The second kappa shape index (κ2) is 7.14. The third kappa shape index (κ3) is 4.56. The Bertz CT molecular complexity index is 397. The number of hydrogen-bond donors (Lipinski definition) is 2. The predicted octanol–water partition coefficient (Wildman–Crippen LogP) is 2.35. The van der Waals surface area contributed by atoms with E-state index in [1.165, 1.54) is 19.3 Å². The highest BCUT2D eigenvalue weighted by molar-refractivity contribution is 5.94. The van der Waals surface area contributed by atoms with Crippen LogP contribution in [0.25, 0.3) is 0 Å². The quantitative estimate of drug-likeness (QED) is 0.632. The van der Waals surface area contributed by atoms with Gasteiger partial charge in [-0.1, -0.05) is 19.3 Å². The minimum Gasteiger partial charge on any atom is -0.399 e. The Kier molecular flexibility index (Phi) is 5.21. The van der Waals surface area contributed by atoms with Gasteiger partial charge in [-0.2, -0.15) is 0 Å². The van der Waals surface area contributed by atoms with Gasteiger partial charge >= 0.3 is 0 Å². The molecule has 0 unspecified atom stereocenters. The molecule has 0 radical (unpaired) electrons. The van der Waals surface area contributed by atoms with Gasteiger partial charge in [-0.3, -0.25) is 4.79 Å². The van der Waals surface area contributed by atoms with Crippen molar-refractivity contribution in [3.63, 3.8) is 0 Å². The molecule has 0 heterocycles. The van der Waals surface area contributed by atoms with E-state index in [0.717, 1.165) is 12.8 Å². The highest BCUT2D eigenvalue weighted by Gasteiger charge is 2.13. The van der Waals surface area contributed by atoms with Crippen LogP contribution in [0.1, 0.15) is 42.5 Å². The SMILES string of the molecule is Nc1ccc(C(=O)NCCOC2CCCCC2)cc1. The summed E-state index contributed by atoms with van der Waals surface area (Å²) in [5, 5.41) is 2.85. The normalized spacial score (nSPS) is 16.2. The molecule has 104 valence electrons. The van der Waals surface area contributed by atoms with Crippen molar-refractivity contribution in [3.05, 3.63) is 29.8 Å². The lowest BCUT2D eigenvalue weighted by Gasteiger charge is -2.21. The molecule has 4 heteroatoms. The van der Waals surface area contributed by atoms with Gasteiger partial charge in [0.25, 0.3) is 5.91 Å². The molecule has 0 saturated heterocycles. The van der Waals surface area contributed by atoms with Gasteiger partial charge < -0.3 is 15.8 Å². The largest absolute Gasteiger partial charge is 0.399 e. The standard InChI is InChI=1S/C15H22N2O2/c16-13-8-6-12(7-9-13)15(18)17-10-11-19-14-4-2-1-3-5-14/h6-9,14H,1-5,10-11,16H2,(H,17,18). The number of nitrogens with two attached hydrogens (primary N) is 1. The molecule has 1 fully saturated rings. The molecule has 0 aromatic heterocycles. The van der Waals surface area contributed by atoms with Crippen molar-refractivity contribution in [1.29, 1.82) is 0 Å². The van der Waals surface area contributed by atoms with E-state index in [0.29, 0.717) is 30.5 Å². The first-order valence-electron chi connectivity index (χ1n) is 7.01. The van der Waals surface area contributed by atoms with Crippen LogP contribution in [0, 0.1) is 0 Å². The number of amides is 1. The Labute approximate surface area is 114 Å². The van der Waals surface area contributed by atoms with Gasteiger partial charge in [0, 0.05) is 17.8 Å². The molecule has 1 aliphatic rings. The maximum absolute atomic E-state index is 11.8. The summed E-state index contributed by atoms with van der Waals surface area (Å²) in [6.45, 7) is 1.14. The summed E-state index contributed by atoms with van der Waals surface area (Å²) >= 11 is 0. The maximum Gasteiger partial charge on any atom is 0.251 e. The molecule has 1 amide bonds. The van der Waals surface area contributed by atoms with Crippen molar-refractivity contribution in [2.24, 2.45) is 0 Å². The van der Waals surface area contributed by atoms with Crippen molar-refractivity contribution in [2.75, 3.05) is 18.9 Å². The second-order valence-electron chi connectivity index (χ2n) is 5.01. The molecule has 1 saturated carbocycles. The summed E-state index contributed by atoms with van der Waals surface area (Å²) in [6, 6.07) is 6.92. The van der Waals surface area contributed by atoms with Crippen LogP contribution >= 0.6 is 0 Å². The lowest BCUT2D eigenvalue weighted by molar-refractivity contribution is 0.0299. The Hall–Kier alpha value is -1.55. The minimum absolute atomic E-state index is 0.0766. The molecular weight excluding hydrogens is 240 g/mol. The third-order valence-corrected chi connectivity index (χ3v) is 3.47. The summed E-state index contributed by atoms with van der Waals surface area (Å²) in [5.41, 5.74) is 6.87. The van der Waals surface area contributed by atoms with E-state index >= 15 is 0 Å². The number of nitrogen functional groups attached to an aromatic ring is 1. The fraction of sp³-hybridized carbons (Fsp3) is 0.533. The molecule has 2 rings (SSSR count). The van der Waals surface area contributed by atoms with Crippen LogP contribution in [0.15, 0.2) is 24.3 Å². The number of carbonyl (C=O) groups excluding carboxylic acids is 1. The fourth-order valence-corrected chi connectivity index (χ4v) is 2.36. The number of benzene rings is 1. The minimum atomic E-state index is -0.0766. The van der Waals surface area contributed by atoms with Gasteiger partial charge in [0.15, 0.2) is 0 Å². The van der Waals surface area contributed by atoms with Crippen molar-refractivity contribution in [1.82, 2.24) is 5.32 Å². The molecule has 0 aliphatic heterocycles. The maximum atomic E-state index is 11.8. The monoisotopic (exact) mass is 262 g/mol. The van der Waals surface area contributed by atoms with Crippen LogP contribution in [-0.2, 0) is 4.74 Å². The predicted molar refractivity (Wildman–Crippen MR) is 76.0 cm³/mol. The van der Waals surface area contributed by atoms with Crippen LogP contribution in [0.4, 0.5) is 5.69 Å². The number of hydrogen-bond acceptors (Lipinski definition) is 3. The van der Waals surface area contributed by atoms with Gasteiger partial charge in [0.1, 0.15) is 0 Å². The zero-order valence-corrected chi connectivity index (χ0v) is 11.2. The topological polar surface area (TPSA) is 64.4 Å². The van der Waals surface area contributed by atoms with E-state index in [1.807, 2.05) is 0 Å². The van der Waals surface area contributed by atoms with E-state index in [1.54, 1.807) is 24.3 Å². The van der Waals surface area contributed by atoms with Gasteiger partial charge in [-0.05, 0) is 37.1 Å². The average molecular weight is 262 g/mol. The van der Waals surface area contributed by atoms with Gasteiger partial charge in [0.2, 0.25) is 0 Å². The number of carbonyl (C=O) groups is 1. The van der Waals surface area contributed by atoms with E-state index < -0.39 is 0 Å². The van der Waals surface area contributed by atoms with Gasteiger partial charge in [-0.15, -0.1) is 0 Å². The zero-order valence-electron chi connectivity index (χ0n) is 11.2. The molecule has 0 atom stereocenters. The molecule has 1 aliphatic carbocycles. The summed E-state index contributed by atoms with van der Waals surface area (Å²) < 4.78 is 5.75. The van der Waals surface area contributed by atoms with Crippen molar-refractivity contribution in [3.8, 4) is 0 Å². The fourth-order valence-electron chi connectivity index (χ4n) is 2.36. The Morgan fingerprint density at radius 3 is 2.58 bits per heavy atom. The lowest BCUT2D eigenvalue weighted by Crippen LogP contribution is -2.29. The molecule has 4 nitrogen and oxygen atoms in total. The molecular formula is C15H22N2O2. The summed E-state index contributed by atoms with van der Waals surface area (Å²) in [4.78, 5) is 11.8. The number of ether oxygens (including phenoxy) is 1. The Morgan fingerprint density at radius 2 is 1.89 bits per heavy atom. The smallest absolute Gasteiger partial charge is 0.251 e. The average Bonchev–Trinajstić information content (AvgIpc) is 2.45. The van der Waals surface area contributed by atoms with E-state index in [4.69, 9.17) is 10.5 Å². The summed E-state index contributed by atoms with van der Waals surface area (Å²) in [6.07, 6.45) is 6.57. The first-order valence-corrected chi connectivity index (χ1v) is 7.01. The van der Waals surface area contributed by atoms with E-state index in [-0.39, 0.29) is 5.91 Å². The number of nitrogens with one attached hydrogen (secondary N) is 1. The molecule has 0 spiro atoms. The van der Waals surface area contributed by atoms with Gasteiger partial charge in [-0.25, -0.2) is 0 Å². The summed E-state index contributed by atoms with van der Waals surface area (Å²) in [5.74, 6) is -0.0766. The van der Waals surface area contributed by atoms with Gasteiger partial charge in [0.05, 0.1) is 12.7 Å². The zero-order chi connectivity index (χ0) is 13.5. The van der Waals surface area contributed by atoms with Crippen LogP contribution in [0.5, 0.6) is 0 Å². The van der Waals surface area contributed by atoms with Crippen molar-refractivity contribution >= 4 is 11.6 Å². The molecule has 1 aromatic rings. The third-order valence-electron chi connectivity index (χ3n) is 3.47. The molecule has 19 heavy (non-hydrogen) atoms. The van der Waals surface area contributed by atoms with E-state index in [2.05, 4.69) is 5.32 Å². The van der Waals surface area contributed by atoms with Crippen LogP contribution in [-0.4, -0.2) is 25.2 Å². The first-order chi connectivity index (χ1) is 9.25. The second-order valence-corrected chi connectivity index (χ2v) is 5.01. The van der Waals surface area contributed by atoms with Crippen molar-refractivity contribution < 1.29 is 9.53 Å². The summed E-state index contributed by atoms with van der Waals surface area (Å²) in [7, 11) is 0. The highest BCUT2D eigenvalue weighted by Crippen LogP contribution is 2.19. The molecule has 1 aromatic carbocycles. The number of anilines is 1. The van der Waals surface area contributed by atoms with E-state index in [9.17, 15) is 4.79 Å². The Morgan fingerprint density at radius 1 is 1.21 bits per heavy atom. The van der Waals surface area contributed by atoms with Crippen LogP contribution in [0.3, 0.4) is 0 Å². The highest BCUT2D eigenvalue weighted by atomic mass is 16.5. The Balaban J connectivity index is 1.64.